The first-order chi connectivity index (χ1) is 11.7. The monoisotopic (exact) mass is 323 g/mol. The van der Waals surface area contributed by atoms with E-state index in [0.717, 1.165) is 29.0 Å². The van der Waals surface area contributed by atoms with Crippen LogP contribution in [0.3, 0.4) is 0 Å². The molecule has 0 unspecified atom stereocenters. The van der Waals surface area contributed by atoms with E-state index in [1.165, 1.54) is 0 Å². The van der Waals surface area contributed by atoms with Crippen molar-refractivity contribution in [2.24, 2.45) is 17.3 Å². The molecule has 6 heteroatoms. The molecule has 0 fully saturated rings. The molecule has 1 N–H and O–H groups in total. The van der Waals surface area contributed by atoms with Crippen molar-refractivity contribution in [2.45, 2.75) is 6.92 Å². The number of azo groups is 1. The first kappa shape index (κ1) is 16.1. The Bertz CT molecular complexity index is 838. The number of anilines is 1. The van der Waals surface area contributed by atoms with Gasteiger partial charge in [-0.15, -0.1) is 10.2 Å². The summed E-state index contributed by atoms with van der Waals surface area (Å²) in [6, 6.07) is 15.7. The third-order valence-electron chi connectivity index (χ3n) is 3.98. The van der Waals surface area contributed by atoms with Crippen LogP contribution < -0.4 is 4.90 Å². The number of aliphatic hydroxyl groups is 1. The van der Waals surface area contributed by atoms with Crippen LogP contribution in [0, 0.1) is 0 Å². The minimum absolute atomic E-state index is 0.141. The van der Waals surface area contributed by atoms with Crippen molar-refractivity contribution < 1.29 is 5.11 Å². The van der Waals surface area contributed by atoms with E-state index in [4.69, 9.17) is 5.11 Å². The predicted octanol–water partition coefficient (Wildman–Crippen LogP) is 3.81. The molecule has 0 spiro atoms. The summed E-state index contributed by atoms with van der Waals surface area (Å²) < 4.78 is 1.92. The van der Waals surface area contributed by atoms with E-state index in [-0.39, 0.29) is 6.61 Å². The maximum absolute atomic E-state index is 9.10. The number of aryl methyl sites for hydroxylation is 1. The summed E-state index contributed by atoms with van der Waals surface area (Å²) in [7, 11) is 1.93. The summed E-state index contributed by atoms with van der Waals surface area (Å²) in [5.41, 5.74) is 3.77. The summed E-state index contributed by atoms with van der Waals surface area (Å²) in [5, 5.41) is 17.6. The molecule has 0 aliphatic heterocycles. The number of hydrogen-bond donors (Lipinski definition) is 1. The Hall–Kier alpha value is -2.73. The Kier molecular flexibility index (Phi) is 4.86. The lowest BCUT2D eigenvalue weighted by Gasteiger charge is -2.21. The number of rotatable bonds is 6. The zero-order valence-corrected chi connectivity index (χ0v) is 13.9. The van der Waals surface area contributed by atoms with Crippen LogP contribution in [0.2, 0.25) is 0 Å². The molecule has 0 saturated carbocycles. The van der Waals surface area contributed by atoms with Gasteiger partial charge in [-0.25, -0.2) is 4.98 Å². The second kappa shape index (κ2) is 7.23. The van der Waals surface area contributed by atoms with Crippen LogP contribution in [0.1, 0.15) is 6.92 Å². The fraction of sp³-hybridized carbons (Fsp3) is 0.278. The normalized spacial score (nSPS) is 11.5. The smallest absolute Gasteiger partial charge is 0.250 e. The summed E-state index contributed by atoms with van der Waals surface area (Å²) in [6.45, 7) is 3.68. The van der Waals surface area contributed by atoms with E-state index in [1.807, 2.05) is 60.1 Å². The van der Waals surface area contributed by atoms with Gasteiger partial charge in [-0.05, 0) is 43.3 Å². The van der Waals surface area contributed by atoms with Gasteiger partial charge in [0, 0.05) is 25.8 Å². The second-order valence-electron chi connectivity index (χ2n) is 5.48. The standard InChI is InChI=1S/C18H21N5O/c1-3-23(12-13-24)15-10-8-14(9-11-15)20-21-18-19-16-6-4-5-7-17(16)22(18)2/h4-11,24H,3,12-13H2,1-2H3. The van der Waals surface area contributed by atoms with Gasteiger partial charge in [-0.3, -0.25) is 0 Å². The van der Waals surface area contributed by atoms with E-state index >= 15 is 0 Å². The van der Waals surface area contributed by atoms with Crippen LogP contribution in [0.4, 0.5) is 17.3 Å². The van der Waals surface area contributed by atoms with Crippen molar-refractivity contribution in [3.05, 3.63) is 48.5 Å². The van der Waals surface area contributed by atoms with Crippen molar-refractivity contribution in [1.82, 2.24) is 9.55 Å². The molecule has 0 saturated heterocycles. The number of likely N-dealkylation sites (N-methyl/N-ethyl adjacent to an activating group) is 1. The molecule has 0 aliphatic rings. The number of hydrogen-bond acceptors (Lipinski definition) is 5. The molecule has 3 aromatic rings. The summed E-state index contributed by atoms with van der Waals surface area (Å²) in [5.74, 6) is 0.579. The molecule has 0 bridgehead atoms. The highest BCUT2D eigenvalue weighted by Crippen LogP contribution is 2.24. The van der Waals surface area contributed by atoms with E-state index in [9.17, 15) is 0 Å². The third kappa shape index (κ3) is 3.28. The molecule has 0 radical (unpaired) electrons. The van der Waals surface area contributed by atoms with Gasteiger partial charge in [-0.2, -0.15) is 0 Å². The van der Waals surface area contributed by atoms with Crippen molar-refractivity contribution in [3.63, 3.8) is 0 Å². The molecule has 2 aromatic carbocycles. The Morgan fingerprint density at radius 1 is 1.08 bits per heavy atom. The number of nitrogens with zero attached hydrogens (tertiary/aromatic N) is 5. The lowest BCUT2D eigenvalue weighted by Crippen LogP contribution is -2.25. The SMILES string of the molecule is CCN(CCO)c1ccc(N=Nc2nc3ccccc3n2C)cc1. The number of aromatic nitrogens is 2. The molecule has 3 rings (SSSR count). The fourth-order valence-corrected chi connectivity index (χ4v) is 2.65. The molecule has 24 heavy (non-hydrogen) atoms. The zero-order valence-electron chi connectivity index (χ0n) is 13.9. The quantitative estimate of drug-likeness (QED) is 0.702. The van der Waals surface area contributed by atoms with Crippen LogP contribution in [0.25, 0.3) is 11.0 Å². The van der Waals surface area contributed by atoms with Gasteiger partial charge in [0.25, 0.3) is 0 Å². The Balaban J connectivity index is 1.80. The maximum Gasteiger partial charge on any atom is 0.250 e. The van der Waals surface area contributed by atoms with Crippen molar-refractivity contribution in [2.75, 3.05) is 24.6 Å². The van der Waals surface area contributed by atoms with Crippen molar-refractivity contribution >= 4 is 28.4 Å². The molecule has 0 amide bonds. The number of aliphatic hydroxyl groups excluding tert-OH is 1. The summed E-state index contributed by atoms with van der Waals surface area (Å²) >= 11 is 0. The van der Waals surface area contributed by atoms with Gasteiger partial charge in [-0.1, -0.05) is 12.1 Å². The molecule has 0 atom stereocenters. The van der Waals surface area contributed by atoms with Crippen LogP contribution >= 0.6 is 0 Å². The van der Waals surface area contributed by atoms with E-state index < -0.39 is 0 Å². The first-order valence-corrected chi connectivity index (χ1v) is 8.02. The number of fused-ring (bicyclic) bond motifs is 1. The summed E-state index contributed by atoms with van der Waals surface area (Å²) in [4.78, 5) is 6.58. The predicted molar refractivity (Wildman–Crippen MR) is 96.3 cm³/mol. The molecule has 1 aromatic heterocycles. The molecular formula is C18H21N5O. The number of benzene rings is 2. The molecule has 0 aliphatic carbocycles. The van der Waals surface area contributed by atoms with Crippen LogP contribution in [-0.4, -0.2) is 34.4 Å². The molecule has 6 nitrogen and oxygen atoms in total. The topological polar surface area (TPSA) is 66.0 Å². The average Bonchev–Trinajstić information content (AvgIpc) is 2.95. The van der Waals surface area contributed by atoms with E-state index in [0.29, 0.717) is 12.5 Å². The lowest BCUT2D eigenvalue weighted by atomic mass is 10.2. The van der Waals surface area contributed by atoms with Crippen molar-refractivity contribution in [3.8, 4) is 0 Å². The highest BCUT2D eigenvalue weighted by molar-refractivity contribution is 5.77. The number of imidazole rings is 1. The summed E-state index contributed by atoms with van der Waals surface area (Å²) in [6.07, 6.45) is 0. The van der Waals surface area contributed by atoms with Crippen LogP contribution in [-0.2, 0) is 7.05 Å². The zero-order chi connectivity index (χ0) is 16.9. The van der Waals surface area contributed by atoms with Gasteiger partial charge >= 0.3 is 0 Å². The maximum atomic E-state index is 9.10. The van der Waals surface area contributed by atoms with Crippen LogP contribution in [0.5, 0.6) is 0 Å². The molecule has 1 heterocycles. The Morgan fingerprint density at radius 3 is 2.50 bits per heavy atom. The minimum atomic E-state index is 0.141. The van der Waals surface area contributed by atoms with Gasteiger partial charge in [0.15, 0.2) is 0 Å². The highest BCUT2D eigenvalue weighted by Gasteiger charge is 2.06. The molecule has 124 valence electrons. The first-order valence-electron chi connectivity index (χ1n) is 8.02. The Labute approximate surface area is 141 Å². The van der Waals surface area contributed by atoms with Crippen LogP contribution in [0.15, 0.2) is 58.8 Å². The molecular weight excluding hydrogens is 302 g/mol. The fourth-order valence-electron chi connectivity index (χ4n) is 2.65. The highest BCUT2D eigenvalue weighted by atomic mass is 16.3. The van der Waals surface area contributed by atoms with Gasteiger partial charge < -0.3 is 14.6 Å². The van der Waals surface area contributed by atoms with E-state index in [1.54, 1.807) is 0 Å². The minimum Gasteiger partial charge on any atom is -0.395 e. The average molecular weight is 323 g/mol. The van der Waals surface area contributed by atoms with Gasteiger partial charge in [0.2, 0.25) is 5.95 Å². The number of para-hydroxylation sites is 2. The van der Waals surface area contributed by atoms with Crippen molar-refractivity contribution in [1.29, 1.82) is 0 Å². The Morgan fingerprint density at radius 2 is 1.83 bits per heavy atom. The second-order valence-corrected chi connectivity index (χ2v) is 5.48. The van der Waals surface area contributed by atoms with E-state index in [2.05, 4.69) is 27.0 Å². The van der Waals surface area contributed by atoms with Gasteiger partial charge in [0.1, 0.15) is 0 Å². The lowest BCUT2D eigenvalue weighted by molar-refractivity contribution is 0.302. The third-order valence-corrected chi connectivity index (χ3v) is 3.98. The largest absolute Gasteiger partial charge is 0.395 e. The van der Waals surface area contributed by atoms with Gasteiger partial charge in [0.05, 0.1) is 23.3 Å².